The first-order valence-electron chi connectivity index (χ1n) is 7.00. The highest BCUT2D eigenvalue weighted by molar-refractivity contribution is 9.10. The van der Waals surface area contributed by atoms with Crippen LogP contribution in [0.2, 0.25) is 0 Å². The van der Waals surface area contributed by atoms with E-state index in [0.29, 0.717) is 6.04 Å². The molecule has 1 N–H and O–H groups in total. The Labute approximate surface area is 128 Å². The minimum Gasteiger partial charge on any atom is -0.304 e. The zero-order valence-electron chi connectivity index (χ0n) is 12.5. The first-order valence-corrected chi connectivity index (χ1v) is 7.79. The van der Waals surface area contributed by atoms with E-state index in [4.69, 9.17) is 0 Å². The molecule has 0 fully saturated rings. The van der Waals surface area contributed by atoms with Crippen LogP contribution in [0.15, 0.2) is 22.9 Å². The van der Waals surface area contributed by atoms with Crippen molar-refractivity contribution in [3.05, 3.63) is 34.3 Å². The zero-order chi connectivity index (χ0) is 14.7. The van der Waals surface area contributed by atoms with E-state index < -0.39 is 0 Å². The van der Waals surface area contributed by atoms with E-state index in [1.54, 1.807) is 0 Å². The summed E-state index contributed by atoms with van der Waals surface area (Å²) in [6.07, 6.45) is 4.79. The van der Waals surface area contributed by atoms with E-state index in [-0.39, 0.29) is 6.04 Å². The number of aromatic nitrogens is 4. The Hall–Kier alpha value is -1.14. The van der Waals surface area contributed by atoms with Gasteiger partial charge in [0, 0.05) is 19.3 Å². The molecule has 2 aromatic heterocycles. The van der Waals surface area contributed by atoms with E-state index >= 15 is 0 Å². The van der Waals surface area contributed by atoms with Gasteiger partial charge in [-0.25, -0.2) is 0 Å². The molecule has 0 spiro atoms. The highest BCUT2D eigenvalue weighted by atomic mass is 79.9. The molecule has 2 rings (SSSR count). The van der Waals surface area contributed by atoms with Crippen molar-refractivity contribution < 1.29 is 0 Å². The second-order valence-electron chi connectivity index (χ2n) is 5.18. The van der Waals surface area contributed by atoms with Crippen LogP contribution < -0.4 is 5.32 Å². The fourth-order valence-electron chi connectivity index (χ4n) is 2.33. The molecule has 0 aliphatic rings. The molecule has 2 heterocycles. The van der Waals surface area contributed by atoms with E-state index in [1.165, 1.54) is 0 Å². The van der Waals surface area contributed by atoms with Crippen molar-refractivity contribution in [2.75, 3.05) is 6.54 Å². The van der Waals surface area contributed by atoms with Crippen LogP contribution >= 0.6 is 15.9 Å². The summed E-state index contributed by atoms with van der Waals surface area (Å²) in [5.41, 5.74) is 2.29. The molecule has 0 amide bonds. The van der Waals surface area contributed by atoms with Crippen LogP contribution in [-0.4, -0.2) is 26.1 Å². The van der Waals surface area contributed by atoms with Gasteiger partial charge in [0.05, 0.1) is 28.1 Å². The van der Waals surface area contributed by atoms with E-state index in [1.807, 2.05) is 24.1 Å². The molecule has 20 heavy (non-hydrogen) atoms. The van der Waals surface area contributed by atoms with Crippen molar-refractivity contribution in [1.29, 1.82) is 0 Å². The van der Waals surface area contributed by atoms with Gasteiger partial charge >= 0.3 is 0 Å². The first-order chi connectivity index (χ1) is 9.56. The number of hydrogen-bond acceptors (Lipinski definition) is 3. The molecule has 2 aromatic rings. The second kappa shape index (κ2) is 6.54. The zero-order valence-corrected chi connectivity index (χ0v) is 14.1. The van der Waals surface area contributed by atoms with Crippen LogP contribution in [0, 0.1) is 0 Å². The van der Waals surface area contributed by atoms with Crippen molar-refractivity contribution in [2.45, 2.75) is 39.3 Å². The number of nitrogens with zero attached hydrogens (tertiary/aromatic N) is 4. The first kappa shape index (κ1) is 15.3. The van der Waals surface area contributed by atoms with Crippen LogP contribution in [0.25, 0.3) is 0 Å². The molecule has 0 saturated heterocycles. The molecule has 1 unspecified atom stereocenters. The topological polar surface area (TPSA) is 47.7 Å². The number of aryl methyl sites for hydroxylation is 1. The third-order valence-electron chi connectivity index (χ3n) is 3.30. The Bertz CT molecular complexity index is 558. The lowest BCUT2D eigenvalue weighted by Crippen LogP contribution is -2.28. The van der Waals surface area contributed by atoms with Gasteiger partial charge in [0.2, 0.25) is 0 Å². The number of rotatable bonds is 6. The average molecular weight is 340 g/mol. The quantitative estimate of drug-likeness (QED) is 0.879. The largest absolute Gasteiger partial charge is 0.304 e. The van der Waals surface area contributed by atoms with Gasteiger partial charge in [0.15, 0.2) is 0 Å². The lowest BCUT2D eigenvalue weighted by atomic mass is 10.1. The molecule has 6 heteroatoms. The Balaban J connectivity index is 2.46. The monoisotopic (exact) mass is 339 g/mol. The molecular weight excluding hydrogens is 318 g/mol. The van der Waals surface area contributed by atoms with Gasteiger partial charge in [-0.3, -0.25) is 9.36 Å². The summed E-state index contributed by atoms with van der Waals surface area (Å²) in [5, 5.41) is 12.4. The van der Waals surface area contributed by atoms with Crippen molar-refractivity contribution in [2.24, 2.45) is 7.05 Å². The fourth-order valence-corrected chi connectivity index (χ4v) is 2.83. The highest BCUT2D eigenvalue weighted by Crippen LogP contribution is 2.30. The molecule has 1 atom stereocenters. The lowest BCUT2D eigenvalue weighted by Gasteiger charge is -2.22. The van der Waals surface area contributed by atoms with Gasteiger partial charge in [0.1, 0.15) is 0 Å². The maximum absolute atomic E-state index is 4.48. The third-order valence-corrected chi connectivity index (χ3v) is 3.91. The van der Waals surface area contributed by atoms with Crippen molar-refractivity contribution in [3.8, 4) is 0 Å². The molecular formula is C14H22BrN5. The Morgan fingerprint density at radius 3 is 2.65 bits per heavy atom. The van der Waals surface area contributed by atoms with Crippen molar-refractivity contribution in [1.82, 2.24) is 24.9 Å². The van der Waals surface area contributed by atoms with Crippen LogP contribution in [0.3, 0.4) is 0 Å². The normalized spacial score (nSPS) is 13.1. The summed E-state index contributed by atoms with van der Waals surface area (Å²) in [6.45, 7) is 7.40. The minimum absolute atomic E-state index is 0.0849. The van der Waals surface area contributed by atoms with Crippen LogP contribution in [0.5, 0.6) is 0 Å². The van der Waals surface area contributed by atoms with Crippen LogP contribution in [0.1, 0.15) is 50.7 Å². The standard InChI is InChI=1S/C14H22BrN5/c1-5-7-16-13(12-6-8-17-19(12)4)14-11(15)9-18-20(14)10(2)3/h6,8-10,13,16H,5,7H2,1-4H3. The molecule has 0 aliphatic heterocycles. The summed E-state index contributed by atoms with van der Waals surface area (Å²) in [4.78, 5) is 0. The Kier molecular flexibility index (Phi) is 4.99. The van der Waals surface area contributed by atoms with Crippen LogP contribution in [0.4, 0.5) is 0 Å². The number of hydrogen-bond donors (Lipinski definition) is 1. The maximum atomic E-state index is 4.48. The Morgan fingerprint density at radius 1 is 1.35 bits per heavy atom. The SMILES string of the molecule is CCCNC(c1ccnn1C)c1c(Br)cnn1C(C)C. The second-order valence-corrected chi connectivity index (χ2v) is 6.04. The van der Waals surface area contributed by atoms with Gasteiger partial charge in [-0.2, -0.15) is 10.2 Å². The molecule has 0 radical (unpaired) electrons. The smallest absolute Gasteiger partial charge is 0.0930 e. The summed E-state index contributed by atoms with van der Waals surface area (Å²) in [6, 6.07) is 2.45. The average Bonchev–Trinajstić information content (AvgIpc) is 2.98. The molecule has 0 aliphatic carbocycles. The predicted octanol–water partition coefficient (Wildman–Crippen LogP) is 3.05. The summed E-state index contributed by atoms with van der Waals surface area (Å²) < 4.78 is 5.00. The minimum atomic E-state index is 0.0849. The van der Waals surface area contributed by atoms with Gasteiger partial charge in [0.25, 0.3) is 0 Å². The summed E-state index contributed by atoms with van der Waals surface area (Å²) in [7, 11) is 1.97. The maximum Gasteiger partial charge on any atom is 0.0930 e. The van der Waals surface area contributed by atoms with E-state index in [0.717, 1.165) is 28.8 Å². The van der Waals surface area contributed by atoms with Gasteiger partial charge < -0.3 is 5.32 Å². The number of nitrogens with one attached hydrogen (secondary N) is 1. The van der Waals surface area contributed by atoms with E-state index in [9.17, 15) is 0 Å². The molecule has 110 valence electrons. The molecule has 0 bridgehead atoms. The Morgan fingerprint density at radius 2 is 2.10 bits per heavy atom. The van der Waals surface area contributed by atoms with Gasteiger partial charge in [-0.15, -0.1) is 0 Å². The van der Waals surface area contributed by atoms with E-state index in [2.05, 4.69) is 63.0 Å². The van der Waals surface area contributed by atoms with Crippen molar-refractivity contribution in [3.63, 3.8) is 0 Å². The third kappa shape index (κ3) is 2.96. The molecule has 0 saturated carbocycles. The fraction of sp³-hybridized carbons (Fsp3) is 0.571. The van der Waals surface area contributed by atoms with Crippen LogP contribution in [-0.2, 0) is 7.05 Å². The lowest BCUT2D eigenvalue weighted by molar-refractivity contribution is 0.458. The van der Waals surface area contributed by atoms with Crippen molar-refractivity contribution >= 4 is 15.9 Å². The summed E-state index contributed by atoms with van der Waals surface area (Å²) >= 11 is 3.64. The highest BCUT2D eigenvalue weighted by Gasteiger charge is 2.24. The van der Waals surface area contributed by atoms with Gasteiger partial charge in [-0.1, -0.05) is 6.92 Å². The molecule has 0 aromatic carbocycles. The predicted molar refractivity (Wildman–Crippen MR) is 83.7 cm³/mol. The molecule has 5 nitrogen and oxygen atoms in total. The van der Waals surface area contributed by atoms with Gasteiger partial charge in [-0.05, 0) is 48.8 Å². The number of halogens is 1. The summed E-state index contributed by atoms with van der Waals surface area (Å²) in [5.74, 6) is 0.